The van der Waals surface area contributed by atoms with Crippen LogP contribution in [-0.4, -0.2) is 50.5 Å². The molecule has 1 aromatic rings. The first-order chi connectivity index (χ1) is 10.1. The first kappa shape index (κ1) is 18.1. The van der Waals surface area contributed by atoms with Crippen molar-refractivity contribution in [2.45, 2.75) is 18.7 Å². The second-order valence-electron chi connectivity index (χ2n) is 5.02. The van der Waals surface area contributed by atoms with E-state index >= 15 is 0 Å². The Bertz CT molecular complexity index is 683. The highest BCUT2D eigenvalue weighted by Gasteiger charge is 2.29. The summed E-state index contributed by atoms with van der Waals surface area (Å²) in [5.41, 5.74) is 0.637. The van der Waals surface area contributed by atoms with Gasteiger partial charge in [-0.05, 0) is 19.1 Å². The van der Waals surface area contributed by atoms with Crippen molar-refractivity contribution in [2.75, 3.05) is 20.7 Å². The topological polar surface area (TPSA) is 101 Å². The molecule has 1 aromatic carbocycles. The number of nitrogens with zero attached hydrogens (tertiary/aromatic N) is 1. The molecule has 0 aliphatic rings. The molecule has 8 heteroatoms. The summed E-state index contributed by atoms with van der Waals surface area (Å²) in [6.07, 6.45) is 0. The summed E-state index contributed by atoms with van der Waals surface area (Å²) in [6.45, 7) is 2.93. The summed E-state index contributed by atoms with van der Waals surface area (Å²) in [5.74, 6) is -2.73. The number of rotatable bonds is 6. The van der Waals surface area contributed by atoms with Gasteiger partial charge in [0.1, 0.15) is 0 Å². The van der Waals surface area contributed by atoms with Crippen molar-refractivity contribution in [2.24, 2.45) is 5.92 Å². The first-order valence-corrected chi connectivity index (χ1v) is 7.93. The van der Waals surface area contributed by atoms with Crippen molar-refractivity contribution in [1.29, 1.82) is 0 Å². The van der Waals surface area contributed by atoms with E-state index in [-0.39, 0.29) is 17.0 Å². The van der Waals surface area contributed by atoms with E-state index < -0.39 is 27.9 Å². The Balaban J connectivity index is 3.28. The number of aliphatic carboxylic acids is 1. The van der Waals surface area contributed by atoms with E-state index in [0.29, 0.717) is 5.56 Å². The number of carbonyl (C=O) groups is 2. The smallest absolute Gasteiger partial charge is 0.339 e. The summed E-state index contributed by atoms with van der Waals surface area (Å²) in [7, 11) is -1.56. The van der Waals surface area contributed by atoms with E-state index in [0.717, 1.165) is 11.4 Å². The van der Waals surface area contributed by atoms with E-state index in [9.17, 15) is 18.0 Å². The predicted octanol–water partition coefficient (Wildman–Crippen LogP) is 1.12. The number of aryl methyl sites for hydroxylation is 1. The molecule has 1 rings (SSSR count). The van der Waals surface area contributed by atoms with Crippen LogP contribution >= 0.6 is 0 Å². The zero-order valence-corrected chi connectivity index (χ0v) is 13.7. The van der Waals surface area contributed by atoms with E-state index in [1.54, 1.807) is 13.0 Å². The molecule has 0 spiro atoms. The molecule has 7 nitrogen and oxygen atoms in total. The quantitative estimate of drug-likeness (QED) is 0.785. The van der Waals surface area contributed by atoms with Crippen LogP contribution in [0.25, 0.3) is 0 Å². The van der Waals surface area contributed by atoms with Gasteiger partial charge in [-0.2, -0.15) is 0 Å². The number of benzene rings is 1. The number of carbonyl (C=O) groups excluding carboxylic acids is 1. The molecular formula is C14H19NO6S. The van der Waals surface area contributed by atoms with E-state index in [2.05, 4.69) is 4.74 Å². The molecule has 0 saturated carbocycles. The van der Waals surface area contributed by atoms with Gasteiger partial charge in [0.2, 0.25) is 10.0 Å². The van der Waals surface area contributed by atoms with Crippen LogP contribution in [0.15, 0.2) is 23.1 Å². The summed E-state index contributed by atoms with van der Waals surface area (Å²) in [6, 6.07) is 4.31. The lowest BCUT2D eigenvalue weighted by atomic mass is 10.1. The third kappa shape index (κ3) is 3.83. The van der Waals surface area contributed by atoms with E-state index in [4.69, 9.17) is 5.11 Å². The molecule has 0 bridgehead atoms. The van der Waals surface area contributed by atoms with Crippen molar-refractivity contribution in [3.8, 4) is 0 Å². The molecule has 0 heterocycles. The summed E-state index contributed by atoms with van der Waals surface area (Å²) < 4.78 is 30.7. The van der Waals surface area contributed by atoms with Gasteiger partial charge in [0.05, 0.1) is 23.5 Å². The first-order valence-electron chi connectivity index (χ1n) is 6.49. The molecular weight excluding hydrogens is 310 g/mol. The number of sulfonamides is 1. The molecule has 0 aliphatic carbocycles. The lowest BCUT2D eigenvalue weighted by Gasteiger charge is -2.20. The molecule has 0 fully saturated rings. The zero-order chi connectivity index (χ0) is 17.1. The second-order valence-corrected chi connectivity index (χ2v) is 7.03. The van der Waals surface area contributed by atoms with Gasteiger partial charge in [0.25, 0.3) is 0 Å². The molecule has 0 aromatic heterocycles. The summed E-state index contributed by atoms with van der Waals surface area (Å²) >= 11 is 0. The van der Waals surface area contributed by atoms with Crippen LogP contribution in [0.2, 0.25) is 0 Å². The third-order valence-corrected chi connectivity index (χ3v) is 5.06. The van der Waals surface area contributed by atoms with Crippen LogP contribution in [0.4, 0.5) is 0 Å². The average molecular weight is 329 g/mol. The van der Waals surface area contributed by atoms with Gasteiger partial charge < -0.3 is 9.84 Å². The highest BCUT2D eigenvalue weighted by Crippen LogP contribution is 2.22. The minimum Gasteiger partial charge on any atom is -0.481 e. The molecule has 1 unspecified atom stereocenters. The molecule has 1 atom stereocenters. The molecule has 1 N–H and O–H groups in total. The highest BCUT2D eigenvalue weighted by molar-refractivity contribution is 7.89. The number of carboxylic acids is 1. The Morgan fingerprint density at radius 3 is 2.45 bits per heavy atom. The fourth-order valence-electron chi connectivity index (χ4n) is 1.87. The van der Waals surface area contributed by atoms with Crippen LogP contribution < -0.4 is 0 Å². The van der Waals surface area contributed by atoms with Gasteiger partial charge in [-0.1, -0.05) is 18.6 Å². The van der Waals surface area contributed by atoms with Crippen molar-refractivity contribution in [3.05, 3.63) is 29.3 Å². The Labute approximate surface area is 129 Å². The fraction of sp³-hybridized carbons (Fsp3) is 0.429. The second kappa shape index (κ2) is 6.89. The zero-order valence-electron chi connectivity index (χ0n) is 12.9. The van der Waals surface area contributed by atoms with Crippen molar-refractivity contribution in [1.82, 2.24) is 4.31 Å². The summed E-state index contributed by atoms with van der Waals surface area (Å²) in [5, 5.41) is 8.89. The Morgan fingerprint density at radius 1 is 1.36 bits per heavy atom. The van der Waals surface area contributed by atoms with E-state index in [1.165, 1.54) is 26.1 Å². The maximum absolute atomic E-state index is 12.6. The van der Waals surface area contributed by atoms with Crippen LogP contribution in [-0.2, 0) is 19.6 Å². The Hall–Kier alpha value is -1.93. The molecule has 122 valence electrons. The number of hydrogen-bond donors (Lipinski definition) is 1. The van der Waals surface area contributed by atoms with Crippen LogP contribution in [0.3, 0.4) is 0 Å². The predicted molar refractivity (Wildman–Crippen MR) is 79.1 cm³/mol. The van der Waals surface area contributed by atoms with Crippen molar-refractivity contribution < 1.29 is 27.9 Å². The number of esters is 1. The van der Waals surface area contributed by atoms with Gasteiger partial charge >= 0.3 is 11.9 Å². The fourth-order valence-corrected chi connectivity index (χ4v) is 3.28. The van der Waals surface area contributed by atoms with Gasteiger partial charge in [-0.3, -0.25) is 4.79 Å². The van der Waals surface area contributed by atoms with Gasteiger partial charge in [0.15, 0.2) is 0 Å². The van der Waals surface area contributed by atoms with E-state index in [1.807, 2.05) is 0 Å². The maximum atomic E-state index is 12.6. The number of carboxylic acid groups (broad SMARTS) is 1. The molecule has 0 aliphatic heterocycles. The molecule has 0 amide bonds. The lowest BCUT2D eigenvalue weighted by molar-refractivity contribution is -0.141. The van der Waals surface area contributed by atoms with Crippen LogP contribution in [0.1, 0.15) is 22.8 Å². The SMILES string of the molecule is COC(=O)c1cc(C)ccc1S(=O)(=O)N(C)CC(C)C(=O)O. The summed E-state index contributed by atoms with van der Waals surface area (Å²) in [4.78, 5) is 22.5. The average Bonchev–Trinajstić information content (AvgIpc) is 2.45. The van der Waals surface area contributed by atoms with Crippen LogP contribution in [0, 0.1) is 12.8 Å². The number of ether oxygens (including phenoxy) is 1. The van der Waals surface area contributed by atoms with Crippen LogP contribution in [0.5, 0.6) is 0 Å². The lowest BCUT2D eigenvalue weighted by Crippen LogP contribution is -2.34. The van der Waals surface area contributed by atoms with Gasteiger partial charge in [0, 0.05) is 13.6 Å². The third-order valence-electron chi connectivity index (χ3n) is 3.18. The normalized spacial score (nSPS) is 13.0. The largest absolute Gasteiger partial charge is 0.481 e. The molecule has 0 saturated heterocycles. The maximum Gasteiger partial charge on any atom is 0.339 e. The standard InChI is InChI=1S/C14H19NO6S/c1-9-5-6-12(11(7-9)14(18)21-4)22(19,20)15(3)8-10(2)13(16)17/h5-7,10H,8H2,1-4H3,(H,16,17). The monoisotopic (exact) mass is 329 g/mol. The minimum absolute atomic E-state index is 0.0719. The van der Waals surface area contributed by atoms with Gasteiger partial charge in [-0.15, -0.1) is 0 Å². The minimum atomic E-state index is -4.00. The van der Waals surface area contributed by atoms with Crippen molar-refractivity contribution in [3.63, 3.8) is 0 Å². The Kier molecular flexibility index (Phi) is 5.67. The number of hydrogen-bond acceptors (Lipinski definition) is 5. The molecule has 22 heavy (non-hydrogen) atoms. The Morgan fingerprint density at radius 2 is 1.95 bits per heavy atom. The van der Waals surface area contributed by atoms with Gasteiger partial charge in [-0.25, -0.2) is 17.5 Å². The molecule has 0 radical (unpaired) electrons. The number of methoxy groups -OCH3 is 1. The highest BCUT2D eigenvalue weighted by atomic mass is 32.2. The van der Waals surface area contributed by atoms with Crippen molar-refractivity contribution >= 4 is 22.0 Å².